The maximum atomic E-state index is 11.8. The van der Waals surface area contributed by atoms with Gasteiger partial charge in [-0.2, -0.15) is 0 Å². The van der Waals surface area contributed by atoms with Gasteiger partial charge in [-0.15, -0.1) is 0 Å². The molecule has 1 aromatic carbocycles. The Hall–Kier alpha value is -1.81. The van der Waals surface area contributed by atoms with E-state index in [1.807, 2.05) is 0 Å². The molecule has 1 rings (SSSR count). The molecule has 4 nitrogen and oxygen atoms in total. The lowest BCUT2D eigenvalue weighted by Gasteiger charge is -2.20. The number of hydrogen-bond donors (Lipinski definition) is 0. The molecule has 132 valence electrons. The first-order chi connectivity index (χ1) is 11.4. The van der Waals surface area contributed by atoms with Crippen LogP contribution in [0, 0.1) is 0 Å². The molecule has 0 bridgehead atoms. The van der Waals surface area contributed by atoms with E-state index in [-0.39, 0.29) is 5.97 Å². The van der Waals surface area contributed by atoms with Crippen LogP contribution in [0.5, 0.6) is 0 Å². The van der Waals surface area contributed by atoms with Crippen molar-refractivity contribution < 1.29 is 19.1 Å². The zero-order chi connectivity index (χ0) is 17.9. The van der Waals surface area contributed by atoms with Crippen molar-refractivity contribution in [3.05, 3.63) is 40.9 Å². The molecule has 0 aliphatic carbocycles. The molecule has 0 radical (unpaired) electrons. The topological polar surface area (TPSA) is 52.6 Å². The van der Waals surface area contributed by atoms with E-state index in [1.165, 1.54) is 6.08 Å². The van der Waals surface area contributed by atoms with Crippen molar-refractivity contribution >= 4 is 29.6 Å². The predicted molar refractivity (Wildman–Crippen MR) is 95.7 cm³/mol. The number of hydrogen-bond acceptors (Lipinski definition) is 4. The minimum absolute atomic E-state index is 0.254. The monoisotopic (exact) mass is 352 g/mol. The van der Waals surface area contributed by atoms with Crippen molar-refractivity contribution in [2.24, 2.45) is 0 Å². The van der Waals surface area contributed by atoms with E-state index >= 15 is 0 Å². The van der Waals surface area contributed by atoms with Gasteiger partial charge in [-0.05, 0) is 44.0 Å². The van der Waals surface area contributed by atoms with Crippen LogP contribution in [0.2, 0.25) is 5.02 Å². The highest BCUT2D eigenvalue weighted by atomic mass is 35.5. The summed E-state index contributed by atoms with van der Waals surface area (Å²) in [7, 11) is 0. The number of unbranched alkanes of at least 4 members (excludes halogenated alkanes) is 2. The Morgan fingerprint density at radius 2 is 1.71 bits per heavy atom. The Bertz CT molecular complexity index is 551. The zero-order valence-corrected chi connectivity index (χ0v) is 15.2. The van der Waals surface area contributed by atoms with Gasteiger partial charge in [0, 0.05) is 17.5 Å². The van der Waals surface area contributed by atoms with E-state index in [2.05, 4.69) is 6.92 Å². The summed E-state index contributed by atoms with van der Waals surface area (Å²) in [5.74, 6) is -0.734. The SMILES string of the molecule is CCCCCC(=O)OC(C)C(C)OC(=O)/C=C/c1ccc(Cl)cc1. The average Bonchev–Trinajstić information content (AvgIpc) is 2.54. The van der Waals surface area contributed by atoms with Crippen molar-refractivity contribution in [1.82, 2.24) is 0 Å². The van der Waals surface area contributed by atoms with Crippen LogP contribution in [-0.4, -0.2) is 24.1 Å². The minimum Gasteiger partial charge on any atom is -0.459 e. The Morgan fingerprint density at radius 1 is 1.08 bits per heavy atom. The molecule has 0 heterocycles. The van der Waals surface area contributed by atoms with Crippen LogP contribution in [0.25, 0.3) is 6.08 Å². The molecule has 0 aliphatic rings. The zero-order valence-electron chi connectivity index (χ0n) is 14.5. The lowest BCUT2D eigenvalue weighted by molar-refractivity contribution is -0.162. The number of rotatable bonds is 9. The summed E-state index contributed by atoms with van der Waals surface area (Å²) in [6.07, 6.45) is 5.27. The smallest absolute Gasteiger partial charge is 0.331 e. The highest BCUT2D eigenvalue weighted by Crippen LogP contribution is 2.11. The van der Waals surface area contributed by atoms with E-state index in [0.717, 1.165) is 24.8 Å². The van der Waals surface area contributed by atoms with Crippen molar-refractivity contribution in [2.75, 3.05) is 0 Å². The van der Waals surface area contributed by atoms with Crippen LogP contribution in [0.4, 0.5) is 0 Å². The summed E-state index contributed by atoms with van der Waals surface area (Å²) in [4.78, 5) is 23.5. The summed E-state index contributed by atoms with van der Waals surface area (Å²) >= 11 is 5.80. The fraction of sp³-hybridized carbons (Fsp3) is 0.474. The van der Waals surface area contributed by atoms with Gasteiger partial charge in [0.1, 0.15) is 12.2 Å². The fourth-order valence-electron chi connectivity index (χ4n) is 1.94. The lowest BCUT2D eigenvalue weighted by Crippen LogP contribution is -2.30. The van der Waals surface area contributed by atoms with Crippen LogP contribution in [-0.2, 0) is 19.1 Å². The lowest BCUT2D eigenvalue weighted by atomic mass is 10.2. The van der Waals surface area contributed by atoms with E-state index < -0.39 is 18.2 Å². The van der Waals surface area contributed by atoms with E-state index in [4.69, 9.17) is 21.1 Å². The molecule has 2 atom stereocenters. The third-order valence-corrected chi connectivity index (χ3v) is 3.80. The molecular formula is C19H25ClO4. The highest BCUT2D eigenvalue weighted by molar-refractivity contribution is 6.30. The molecule has 0 amide bonds. The second-order valence-corrected chi connectivity index (χ2v) is 6.12. The molecule has 0 fully saturated rings. The van der Waals surface area contributed by atoms with Crippen molar-refractivity contribution in [3.8, 4) is 0 Å². The third kappa shape index (κ3) is 8.16. The predicted octanol–water partition coefficient (Wildman–Crippen LogP) is 4.80. The second-order valence-electron chi connectivity index (χ2n) is 5.68. The molecule has 0 saturated carbocycles. The van der Waals surface area contributed by atoms with Gasteiger partial charge in [0.2, 0.25) is 0 Å². The number of ether oxygens (including phenoxy) is 2. The first-order valence-corrected chi connectivity index (χ1v) is 8.64. The summed E-state index contributed by atoms with van der Waals surface area (Å²) in [6.45, 7) is 5.50. The Kier molecular flexibility index (Phi) is 9.16. The summed E-state index contributed by atoms with van der Waals surface area (Å²) in [5, 5.41) is 0.637. The van der Waals surface area contributed by atoms with Crippen LogP contribution in [0.1, 0.15) is 52.0 Å². The van der Waals surface area contributed by atoms with E-state index in [1.54, 1.807) is 44.2 Å². The van der Waals surface area contributed by atoms with Gasteiger partial charge in [-0.25, -0.2) is 4.79 Å². The van der Waals surface area contributed by atoms with E-state index in [0.29, 0.717) is 11.4 Å². The molecule has 0 aromatic heterocycles. The normalized spacial score (nSPS) is 13.5. The highest BCUT2D eigenvalue weighted by Gasteiger charge is 2.19. The summed E-state index contributed by atoms with van der Waals surface area (Å²) in [5.41, 5.74) is 0.847. The number of benzene rings is 1. The number of carbonyl (C=O) groups is 2. The molecule has 2 unspecified atom stereocenters. The maximum absolute atomic E-state index is 11.8. The molecule has 5 heteroatoms. The van der Waals surface area contributed by atoms with Gasteiger partial charge in [0.25, 0.3) is 0 Å². The Morgan fingerprint density at radius 3 is 2.33 bits per heavy atom. The fourth-order valence-corrected chi connectivity index (χ4v) is 2.06. The van der Waals surface area contributed by atoms with E-state index in [9.17, 15) is 9.59 Å². The number of esters is 2. The Labute approximate surface area is 148 Å². The first-order valence-electron chi connectivity index (χ1n) is 8.26. The van der Waals surface area contributed by atoms with Crippen LogP contribution < -0.4 is 0 Å². The molecule has 1 aromatic rings. The quantitative estimate of drug-likeness (QED) is 0.364. The average molecular weight is 353 g/mol. The molecule has 24 heavy (non-hydrogen) atoms. The summed E-state index contributed by atoms with van der Waals surface area (Å²) < 4.78 is 10.5. The third-order valence-electron chi connectivity index (χ3n) is 3.55. The minimum atomic E-state index is -0.512. The molecule has 0 N–H and O–H groups in total. The van der Waals surface area contributed by atoms with Gasteiger partial charge in [-0.1, -0.05) is 43.5 Å². The second kappa shape index (κ2) is 10.9. The van der Waals surface area contributed by atoms with Crippen LogP contribution in [0.15, 0.2) is 30.3 Å². The van der Waals surface area contributed by atoms with Gasteiger partial charge in [0.15, 0.2) is 0 Å². The van der Waals surface area contributed by atoms with Crippen molar-refractivity contribution in [3.63, 3.8) is 0 Å². The standard InChI is InChI=1S/C19H25ClO4/c1-4-5-6-7-18(21)23-14(2)15(3)24-19(22)13-10-16-8-11-17(20)12-9-16/h8-15H,4-7H2,1-3H3/b13-10+. The molecule has 0 aliphatic heterocycles. The molecule has 0 saturated heterocycles. The number of halogens is 1. The van der Waals surface area contributed by atoms with Gasteiger partial charge in [-0.3, -0.25) is 4.79 Å². The Balaban J connectivity index is 2.39. The van der Waals surface area contributed by atoms with Crippen molar-refractivity contribution in [2.45, 2.75) is 58.7 Å². The van der Waals surface area contributed by atoms with Gasteiger partial charge < -0.3 is 9.47 Å². The molecular weight excluding hydrogens is 328 g/mol. The largest absolute Gasteiger partial charge is 0.459 e. The van der Waals surface area contributed by atoms with Gasteiger partial charge in [0.05, 0.1) is 0 Å². The maximum Gasteiger partial charge on any atom is 0.331 e. The van der Waals surface area contributed by atoms with Crippen molar-refractivity contribution in [1.29, 1.82) is 0 Å². The molecule has 0 spiro atoms. The number of carbonyl (C=O) groups excluding carboxylic acids is 2. The first kappa shape index (κ1) is 20.2. The summed E-state index contributed by atoms with van der Waals surface area (Å²) in [6, 6.07) is 7.09. The van der Waals surface area contributed by atoms with Crippen LogP contribution in [0.3, 0.4) is 0 Å². The van der Waals surface area contributed by atoms with Gasteiger partial charge >= 0.3 is 11.9 Å². The van der Waals surface area contributed by atoms with Crippen LogP contribution >= 0.6 is 11.6 Å².